The highest BCUT2D eigenvalue weighted by Crippen LogP contribution is 2.59. The van der Waals surface area contributed by atoms with E-state index in [-0.39, 0.29) is 42.0 Å². The second-order valence-electron chi connectivity index (χ2n) is 9.49. The van der Waals surface area contributed by atoms with Crippen LogP contribution in [-0.2, 0) is 18.9 Å². The molecular formula is C21H35NO6. The highest BCUT2D eigenvalue weighted by molar-refractivity contribution is 5.68. The fraction of sp³-hybridized carbons (Fsp3) is 0.857. The SMILES string of the molecule is COC1C(OC(=O)NC(C)(C)CO)CC[C@]2(CO2)C1C1(C)OC1CC=C(C)C. The Morgan fingerprint density at radius 3 is 2.61 bits per heavy atom. The van der Waals surface area contributed by atoms with Crippen LogP contribution in [0.1, 0.15) is 53.9 Å². The number of aliphatic hydroxyl groups is 1. The zero-order valence-electron chi connectivity index (χ0n) is 17.9. The molecule has 6 atom stereocenters. The molecule has 7 nitrogen and oxygen atoms in total. The predicted octanol–water partition coefficient (Wildman–Crippen LogP) is 2.56. The average Bonchev–Trinajstić information content (AvgIpc) is 3.52. The van der Waals surface area contributed by atoms with E-state index in [1.54, 1.807) is 21.0 Å². The van der Waals surface area contributed by atoms with Gasteiger partial charge in [0.05, 0.1) is 30.8 Å². The lowest BCUT2D eigenvalue weighted by atomic mass is 9.68. The van der Waals surface area contributed by atoms with E-state index in [0.717, 1.165) is 12.8 Å². The number of carbonyl (C=O) groups excluding carboxylic acids is 1. The molecule has 3 rings (SSSR count). The van der Waals surface area contributed by atoms with Crippen molar-refractivity contribution in [2.75, 3.05) is 20.3 Å². The Morgan fingerprint density at radius 1 is 1.39 bits per heavy atom. The van der Waals surface area contributed by atoms with Gasteiger partial charge in [-0.15, -0.1) is 0 Å². The molecule has 2 aliphatic heterocycles. The lowest BCUT2D eigenvalue weighted by Crippen LogP contribution is -2.57. The molecule has 2 saturated heterocycles. The second-order valence-corrected chi connectivity index (χ2v) is 9.49. The predicted molar refractivity (Wildman–Crippen MR) is 104 cm³/mol. The Labute approximate surface area is 167 Å². The van der Waals surface area contributed by atoms with E-state index in [2.05, 4.69) is 32.2 Å². The number of epoxide rings is 2. The molecule has 3 aliphatic rings. The third kappa shape index (κ3) is 4.22. The maximum Gasteiger partial charge on any atom is 0.407 e. The van der Waals surface area contributed by atoms with E-state index >= 15 is 0 Å². The van der Waals surface area contributed by atoms with Gasteiger partial charge in [-0.05, 0) is 53.9 Å². The van der Waals surface area contributed by atoms with Crippen molar-refractivity contribution in [1.29, 1.82) is 0 Å². The van der Waals surface area contributed by atoms with Crippen molar-refractivity contribution in [2.24, 2.45) is 5.92 Å². The van der Waals surface area contributed by atoms with Crippen LogP contribution in [0.15, 0.2) is 11.6 Å². The molecule has 2 heterocycles. The third-order valence-corrected chi connectivity index (χ3v) is 6.33. The molecule has 0 aromatic heterocycles. The van der Waals surface area contributed by atoms with Gasteiger partial charge in [-0.1, -0.05) is 11.6 Å². The first-order chi connectivity index (χ1) is 13.1. The number of rotatable bonds is 7. The van der Waals surface area contributed by atoms with Crippen LogP contribution >= 0.6 is 0 Å². The lowest BCUT2D eigenvalue weighted by Gasteiger charge is -2.42. The molecule has 0 aromatic carbocycles. The summed E-state index contributed by atoms with van der Waals surface area (Å²) in [6.45, 7) is 10.3. The number of alkyl carbamates (subject to hydrolysis) is 1. The van der Waals surface area contributed by atoms with Crippen LogP contribution in [0.3, 0.4) is 0 Å². The summed E-state index contributed by atoms with van der Waals surface area (Å²) in [7, 11) is 1.65. The van der Waals surface area contributed by atoms with E-state index in [1.165, 1.54) is 5.57 Å². The van der Waals surface area contributed by atoms with Crippen LogP contribution < -0.4 is 5.32 Å². The van der Waals surface area contributed by atoms with Crippen molar-refractivity contribution < 1.29 is 28.8 Å². The molecule has 1 spiro atoms. The van der Waals surface area contributed by atoms with Gasteiger partial charge in [0.2, 0.25) is 0 Å². The molecule has 1 saturated carbocycles. The van der Waals surface area contributed by atoms with E-state index in [0.29, 0.717) is 13.0 Å². The second kappa shape index (κ2) is 7.59. The average molecular weight is 398 g/mol. The molecule has 28 heavy (non-hydrogen) atoms. The van der Waals surface area contributed by atoms with Crippen LogP contribution in [0.4, 0.5) is 4.79 Å². The first-order valence-electron chi connectivity index (χ1n) is 10.1. The summed E-state index contributed by atoms with van der Waals surface area (Å²) in [6, 6.07) is 0. The smallest absolute Gasteiger partial charge is 0.407 e. The quantitative estimate of drug-likeness (QED) is 0.507. The molecule has 5 unspecified atom stereocenters. The number of hydrogen-bond donors (Lipinski definition) is 2. The van der Waals surface area contributed by atoms with Crippen molar-refractivity contribution in [3.8, 4) is 0 Å². The number of nitrogens with one attached hydrogen (secondary N) is 1. The molecule has 160 valence electrons. The Morgan fingerprint density at radius 2 is 2.07 bits per heavy atom. The first-order valence-corrected chi connectivity index (χ1v) is 10.1. The van der Waals surface area contributed by atoms with Gasteiger partial charge in [-0.25, -0.2) is 4.79 Å². The molecule has 1 amide bonds. The molecule has 1 aliphatic carbocycles. The Bertz CT molecular complexity index is 624. The number of aliphatic hydroxyl groups excluding tert-OH is 1. The standard InChI is InChI=1S/C21H35NO6/c1-13(2)7-8-15-20(5,28-15)17-16(25-6)14(9-10-21(17)12-26-21)27-18(24)22-19(3,4)11-23/h7,14-17,23H,8-12H2,1-6H3,(H,22,24)/t14?,15?,16?,17?,20?,21-/m0/s1. The van der Waals surface area contributed by atoms with Crippen molar-refractivity contribution in [3.63, 3.8) is 0 Å². The van der Waals surface area contributed by atoms with Gasteiger partial charge < -0.3 is 29.4 Å². The molecule has 0 aromatic rings. The minimum atomic E-state index is -0.741. The number of carbonyl (C=O) groups is 1. The molecule has 7 heteroatoms. The van der Waals surface area contributed by atoms with Crippen molar-refractivity contribution in [1.82, 2.24) is 5.32 Å². The number of methoxy groups -OCH3 is 1. The largest absolute Gasteiger partial charge is 0.443 e. The summed E-state index contributed by atoms with van der Waals surface area (Å²) in [4.78, 5) is 12.4. The number of allylic oxidation sites excluding steroid dienone is 1. The van der Waals surface area contributed by atoms with Gasteiger partial charge in [0.25, 0.3) is 0 Å². The van der Waals surface area contributed by atoms with Gasteiger partial charge in [-0.3, -0.25) is 0 Å². The van der Waals surface area contributed by atoms with Crippen molar-refractivity contribution in [3.05, 3.63) is 11.6 Å². The fourth-order valence-corrected chi connectivity index (χ4v) is 4.55. The fourth-order valence-electron chi connectivity index (χ4n) is 4.55. The van der Waals surface area contributed by atoms with Gasteiger partial charge in [0.1, 0.15) is 23.4 Å². The summed E-state index contributed by atoms with van der Waals surface area (Å²) in [5, 5.41) is 12.1. The highest BCUT2D eigenvalue weighted by atomic mass is 16.6. The van der Waals surface area contributed by atoms with Gasteiger partial charge >= 0.3 is 6.09 Å². The van der Waals surface area contributed by atoms with E-state index in [9.17, 15) is 9.90 Å². The summed E-state index contributed by atoms with van der Waals surface area (Å²) < 4.78 is 23.7. The molecule has 3 fully saturated rings. The van der Waals surface area contributed by atoms with Crippen LogP contribution in [-0.4, -0.2) is 66.6 Å². The topological polar surface area (TPSA) is 92.9 Å². The summed E-state index contributed by atoms with van der Waals surface area (Å²) in [5.41, 5.74) is -0.0659. The zero-order valence-corrected chi connectivity index (χ0v) is 17.9. The van der Waals surface area contributed by atoms with Crippen LogP contribution in [0, 0.1) is 5.92 Å². The number of ether oxygens (including phenoxy) is 4. The molecule has 2 N–H and O–H groups in total. The number of hydrogen-bond acceptors (Lipinski definition) is 6. The van der Waals surface area contributed by atoms with E-state index < -0.39 is 11.6 Å². The highest BCUT2D eigenvalue weighted by Gasteiger charge is 2.72. The summed E-state index contributed by atoms with van der Waals surface area (Å²) in [5.74, 6) is -0.00188. The lowest BCUT2D eigenvalue weighted by molar-refractivity contribution is -0.118. The Hall–Kier alpha value is -1.15. The first kappa shape index (κ1) is 21.6. The molecule has 0 bridgehead atoms. The van der Waals surface area contributed by atoms with E-state index in [4.69, 9.17) is 18.9 Å². The van der Waals surface area contributed by atoms with Crippen LogP contribution in [0.25, 0.3) is 0 Å². The molecule has 0 radical (unpaired) electrons. The maximum atomic E-state index is 12.4. The zero-order chi connectivity index (χ0) is 20.7. The normalized spacial score (nSPS) is 39.4. The van der Waals surface area contributed by atoms with E-state index in [1.807, 2.05) is 0 Å². The monoisotopic (exact) mass is 397 g/mol. The third-order valence-electron chi connectivity index (χ3n) is 6.33. The molecular weight excluding hydrogens is 362 g/mol. The van der Waals surface area contributed by atoms with Gasteiger partial charge in [0.15, 0.2) is 0 Å². The minimum Gasteiger partial charge on any atom is -0.443 e. The van der Waals surface area contributed by atoms with Gasteiger partial charge in [-0.2, -0.15) is 0 Å². The number of amides is 1. The summed E-state index contributed by atoms with van der Waals surface area (Å²) >= 11 is 0. The van der Waals surface area contributed by atoms with Crippen LogP contribution in [0.5, 0.6) is 0 Å². The Kier molecular flexibility index (Phi) is 5.85. The van der Waals surface area contributed by atoms with Crippen molar-refractivity contribution >= 4 is 6.09 Å². The van der Waals surface area contributed by atoms with Gasteiger partial charge in [0, 0.05) is 7.11 Å². The minimum absolute atomic E-state index is 0.00188. The Balaban J connectivity index is 1.72. The maximum absolute atomic E-state index is 12.4. The van der Waals surface area contributed by atoms with Crippen molar-refractivity contribution in [2.45, 2.75) is 88.9 Å². The van der Waals surface area contributed by atoms with Crippen LogP contribution in [0.2, 0.25) is 0 Å². The summed E-state index contributed by atoms with van der Waals surface area (Å²) in [6.07, 6.45) is 3.43.